The molecule has 10 nitrogen and oxygen atoms in total. The average Bonchev–Trinajstić information content (AvgIpc) is 3.13. The lowest BCUT2D eigenvalue weighted by Crippen LogP contribution is -2.41. The molecule has 2 aliphatic rings. The van der Waals surface area contributed by atoms with Gasteiger partial charge in [0.1, 0.15) is 11.6 Å². The van der Waals surface area contributed by atoms with E-state index < -0.39 is 33.2 Å². The summed E-state index contributed by atoms with van der Waals surface area (Å²) in [5.74, 6) is -1.31. The zero-order valence-corrected chi connectivity index (χ0v) is 24.8. The number of carboxylic acids is 1. The Morgan fingerprint density at radius 2 is 1.90 bits per heavy atom. The molecule has 2 aromatic rings. The van der Waals surface area contributed by atoms with Crippen molar-refractivity contribution in [2.75, 3.05) is 17.2 Å². The lowest BCUT2D eigenvalue weighted by molar-refractivity contribution is -0.141. The number of pyridine rings is 2. The minimum Gasteiger partial charge on any atom is -0.481 e. The number of allylic oxidation sites excluding steroid dienone is 2. The molecule has 11 heteroatoms. The molecule has 0 aromatic carbocycles. The topological polar surface area (TPSA) is 156 Å². The van der Waals surface area contributed by atoms with Gasteiger partial charge >= 0.3 is 5.97 Å². The number of carbonyl (C=O) groups excluding carboxylic acids is 1. The van der Waals surface area contributed by atoms with E-state index in [0.29, 0.717) is 37.5 Å². The normalized spacial score (nSPS) is 21.1. The minimum atomic E-state index is -4.32. The van der Waals surface area contributed by atoms with Crippen LogP contribution in [-0.2, 0) is 20.2 Å². The summed E-state index contributed by atoms with van der Waals surface area (Å²) in [6, 6.07) is 5.92. The minimum absolute atomic E-state index is 0.0196. The van der Waals surface area contributed by atoms with Crippen LogP contribution in [0.1, 0.15) is 88.8 Å². The highest BCUT2D eigenvalue weighted by Gasteiger charge is 2.40. The molecule has 3 heterocycles. The van der Waals surface area contributed by atoms with Gasteiger partial charge in [-0.15, -0.1) is 0 Å². The smallest absolute Gasteiger partial charge is 0.306 e. The second-order valence-corrected chi connectivity index (χ2v) is 14.2. The van der Waals surface area contributed by atoms with E-state index in [0.717, 1.165) is 23.3 Å². The molecule has 216 valence electrons. The summed E-state index contributed by atoms with van der Waals surface area (Å²) < 4.78 is 28.5. The van der Waals surface area contributed by atoms with E-state index in [9.17, 15) is 23.1 Å². The van der Waals surface area contributed by atoms with E-state index in [2.05, 4.69) is 35.4 Å². The second kappa shape index (κ2) is 10.5. The van der Waals surface area contributed by atoms with Crippen LogP contribution in [0.25, 0.3) is 5.57 Å². The number of nitrogens with zero attached hydrogens (tertiary/aromatic N) is 3. The van der Waals surface area contributed by atoms with Crippen LogP contribution in [0.3, 0.4) is 0 Å². The third kappa shape index (κ3) is 5.99. The van der Waals surface area contributed by atoms with Crippen LogP contribution in [0.15, 0.2) is 35.4 Å². The van der Waals surface area contributed by atoms with Crippen molar-refractivity contribution in [2.24, 2.45) is 11.8 Å². The van der Waals surface area contributed by atoms with Crippen molar-refractivity contribution < 1.29 is 23.1 Å². The SMILES string of the molecule is CC1CN(c2nc(C(C)(C)C)c(C3=CCC(C(=O)O)CC3)cc2C(=O)NS(=O)(=O)c2cccc(N)n2)C(C)(C)C1. The fraction of sp³-hybridized carbons (Fsp3) is 0.517. The van der Waals surface area contributed by atoms with E-state index >= 15 is 0 Å². The monoisotopic (exact) mass is 569 g/mol. The lowest BCUT2D eigenvalue weighted by atomic mass is 9.80. The van der Waals surface area contributed by atoms with Crippen LogP contribution >= 0.6 is 0 Å². The number of hydrogen-bond acceptors (Lipinski definition) is 8. The highest BCUT2D eigenvalue weighted by molar-refractivity contribution is 7.90. The van der Waals surface area contributed by atoms with Crippen molar-refractivity contribution in [3.63, 3.8) is 0 Å². The number of hydrogen-bond donors (Lipinski definition) is 3. The molecule has 1 aliphatic heterocycles. The number of aliphatic carboxylic acids is 1. The van der Waals surface area contributed by atoms with E-state index in [-0.39, 0.29) is 21.9 Å². The fourth-order valence-electron chi connectivity index (χ4n) is 5.77. The van der Waals surface area contributed by atoms with Gasteiger partial charge in [0.25, 0.3) is 15.9 Å². The Morgan fingerprint density at radius 1 is 1.20 bits per heavy atom. The summed E-state index contributed by atoms with van der Waals surface area (Å²) in [6.07, 6.45) is 4.16. The molecule has 0 bridgehead atoms. The zero-order chi connectivity index (χ0) is 29.6. The Hall–Kier alpha value is -3.47. The van der Waals surface area contributed by atoms with Gasteiger partial charge in [0.2, 0.25) is 0 Å². The number of anilines is 2. The largest absolute Gasteiger partial charge is 0.481 e. The predicted octanol–water partition coefficient (Wildman–Crippen LogP) is 4.37. The van der Waals surface area contributed by atoms with Crippen LogP contribution < -0.4 is 15.4 Å². The molecule has 40 heavy (non-hydrogen) atoms. The van der Waals surface area contributed by atoms with E-state index in [4.69, 9.17) is 10.7 Å². The first-order chi connectivity index (χ1) is 18.5. The molecular formula is C29H39N5O5S. The number of carbonyl (C=O) groups is 2. The van der Waals surface area contributed by atoms with E-state index in [1.807, 2.05) is 26.8 Å². The number of carboxylic acid groups (broad SMARTS) is 1. The maximum Gasteiger partial charge on any atom is 0.306 e. The summed E-state index contributed by atoms with van der Waals surface area (Å²) >= 11 is 0. The van der Waals surface area contributed by atoms with Crippen LogP contribution in [0, 0.1) is 11.8 Å². The zero-order valence-electron chi connectivity index (χ0n) is 24.0. The molecule has 1 fully saturated rings. The average molecular weight is 570 g/mol. The number of nitrogen functional groups attached to an aromatic ring is 1. The number of nitrogens with one attached hydrogen (secondary N) is 1. The highest BCUT2D eigenvalue weighted by Crippen LogP contribution is 2.42. The van der Waals surface area contributed by atoms with Crippen molar-refractivity contribution in [3.05, 3.63) is 47.2 Å². The van der Waals surface area contributed by atoms with Crippen molar-refractivity contribution in [2.45, 2.75) is 83.2 Å². The molecule has 2 unspecified atom stereocenters. The van der Waals surface area contributed by atoms with Gasteiger partial charge in [-0.2, -0.15) is 8.42 Å². The first-order valence-corrected chi connectivity index (χ1v) is 15.0. The van der Waals surface area contributed by atoms with Gasteiger partial charge in [0, 0.05) is 23.1 Å². The molecule has 0 spiro atoms. The lowest BCUT2D eigenvalue weighted by Gasteiger charge is -2.36. The number of amides is 1. The Kier molecular flexibility index (Phi) is 7.74. The van der Waals surface area contributed by atoms with Crippen LogP contribution in [-0.4, -0.2) is 47.5 Å². The first kappa shape index (κ1) is 29.5. The van der Waals surface area contributed by atoms with Gasteiger partial charge in [-0.1, -0.05) is 39.8 Å². The molecule has 0 saturated carbocycles. The second-order valence-electron chi connectivity index (χ2n) is 12.6. The van der Waals surface area contributed by atoms with E-state index in [1.54, 1.807) is 6.07 Å². The number of sulfonamides is 1. The van der Waals surface area contributed by atoms with Crippen LogP contribution in [0.4, 0.5) is 11.6 Å². The number of nitrogens with two attached hydrogens (primary N) is 1. The van der Waals surface area contributed by atoms with Crippen molar-refractivity contribution >= 4 is 39.1 Å². The van der Waals surface area contributed by atoms with Crippen LogP contribution in [0.5, 0.6) is 0 Å². The summed E-state index contributed by atoms with van der Waals surface area (Å²) in [4.78, 5) is 36.4. The van der Waals surface area contributed by atoms with Gasteiger partial charge < -0.3 is 15.7 Å². The molecule has 2 aromatic heterocycles. The van der Waals surface area contributed by atoms with E-state index in [1.165, 1.54) is 18.2 Å². The molecule has 2 atom stereocenters. The Morgan fingerprint density at radius 3 is 2.42 bits per heavy atom. The third-order valence-corrected chi connectivity index (χ3v) is 8.87. The molecule has 4 rings (SSSR count). The van der Waals surface area contributed by atoms with Crippen molar-refractivity contribution in [3.8, 4) is 0 Å². The summed E-state index contributed by atoms with van der Waals surface area (Å²) in [7, 11) is -4.32. The Labute approximate surface area is 236 Å². The molecule has 1 aliphatic carbocycles. The van der Waals surface area contributed by atoms with Crippen LogP contribution in [0.2, 0.25) is 0 Å². The van der Waals surface area contributed by atoms with Crippen molar-refractivity contribution in [1.29, 1.82) is 0 Å². The summed E-state index contributed by atoms with van der Waals surface area (Å²) in [5, 5.41) is 9.12. The van der Waals surface area contributed by atoms with Gasteiger partial charge in [-0.05, 0) is 69.2 Å². The molecule has 4 N–H and O–H groups in total. The van der Waals surface area contributed by atoms with Gasteiger partial charge in [0.05, 0.1) is 17.2 Å². The first-order valence-electron chi connectivity index (χ1n) is 13.5. The Bertz CT molecular complexity index is 1480. The number of rotatable bonds is 6. The maximum absolute atomic E-state index is 13.8. The standard InChI is InChI=1S/C29H39N5O5S/c1-17-15-29(5,6)34(16-17)25-21(26(35)33-40(38,39)23-9-7-8-22(30)31-23)14-20(24(32-25)28(2,3)4)18-10-12-19(13-11-18)27(36)37/h7-10,14,17,19H,11-13,15-16H2,1-6H3,(H2,30,31)(H,33,35)(H,36,37). The maximum atomic E-state index is 13.8. The molecule has 0 radical (unpaired) electrons. The molecule has 1 amide bonds. The fourth-order valence-corrected chi connectivity index (χ4v) is 6.71. The van der Waals surface area contributed by atoms with Gasteiger partial charge in [-0.3, -0.25) is 9.59 Å². The predicted molar refractivity (Wildman–Crippen MR) is 154 cm³/mol. The summed E-state index contributed by atoms with van der Waals surface area (Å²) in [6.45, 7) is 13.1. The van der Waals surface area contributed by atoms with Crippen molar-refractivity contribution in [1.82, 2.24) is 14.7 Å². The third-order valence-electron chi connectivity index (χ3n) is 7.64. The van der Waals surface area contributed by atoms with Gasteiger partial charge in [-0.25, -0.2) is 14.7 Å². The quantitative estimate of drug-likeness (QED) is 0.460. The molecule has 1 saturated heterocycles. The Balaban J connectivity index is 1.88. The summed E-state index contributed by atoms with van der Waals surface area (Å²) in [5.41, 5.74) is 7.52. The highest BCUT2D eigenvalue weighted by atomic mass is 32.2. The van der Waals surface area contributed by atoms with Gasteiger partial charge in [0.15, 0.2) is 5.03 Å². The molecular weight excluding hydrogens is 530 g/mol. The number of aromatic nitrogens is 2.